The van der Waals surface area contributed by atoms with E-state index < -0.39 is 6.04 Å². The number of amides is 2. The van der Waals surface area contributed by atoms with Crippen molar-refractivity contribution < 1.29 is 9.59 Å². The van der Waals surface area contributed by atoms with E-state index in [2.05, 4.69) is 5.32 Å². The van der Waals surface area contributed by atoms with Crippen molar-refractivity contribution in [1.29, 1.82) is 0 Å². The lowest BCUT2D eigenvalue weighted by Gasteiger charge is -2.38. The van der Waals surface area contributed by atoms with Gasteiger partial charge in [0.25, 0.3) is 0 Å². The van der Waals surface area contributed by atoms with Crippen LogP contribution < -0.4 is 11.1 Å². The van der Waals surface area contributed by atoms with Gasteiger partial charge in [0, 0.05) is 19.5 Å². The molecule has 0 unspecified atom stereocenters. The van der Waals surface area contributed by atoms with Gasteiger partial charge in [-0.3, -0.25) is 9.59 Å². The summed E-state index contributed by atoms with van der Waals surface area (Å²) < 4.78 is 0. The third-order valence-electron chi connectivity index (χ3n) is 2.90. The fraction of sp³-hybridized carbons (Fsp3) is 0.778. The van der Waals surface area contributed by atoms with E-state index in [9.17, 15) is 9.59 Å². The molecule has 2 rings (SSSR count). The van der Waals surface area contributed by atoms with E-state index in [1.807, 2.05) is 0 Å². The van der Waals surface area contributed by atoms with E-state index in [1.165, 1.54) is 0 Å². The molecule has 5 heteroatoms. The highest BCUT2D eigenvalue weighted by atomic mass is 16.2. The van der Waals surface area contributed by atoms with Crippen LogP contribution in [0, 0.1) is 0 Å². The SMILES string of the molecule is N[C@@H]1C(=O)N[C@@H]1CN1CCCCC1=O. The second-order valence-corrected chi connectivity index (χ2v) is 3.94. The Morgan fingerprint density at radius 2 is 2.21 bits per heavy atom. The number of rotatable bonds is 2. The molecule has 2 amide bonds. The Bertz CT molecular complexity index is 267. The van der Waals surface area contributed by atoms with E-state index >= 15 is 0 Å². The number of piperidine rings is 1. The van der Waals surface area contributed by atoms with Crippen LogP contribution in [0.3, 0.4) is 0 Å². The highest BCUT2D eigenvalue weighted by Gasteiger charge is 2.38. The van der Waals surface area contributed by atoms with Crippen molar-refractivity contribution in [3.05, 3.63) is 0 Å². The number of nitrogens with one attached hydrogen (secondary N) is 1. The van der Waals surface area contributed by atoms with Crippen molar-refractivity contribution >= 4 is 11.8 Å². The van der Waals surface area contributed by atoms with Crippen LogP contribution in [0.25, 0.3) is 0 Å². The number of carbonyl (C=O) groups is 2. The van der Waals surface area contributed by atoms with E-state index in [0.717, 1.165) is 19.4 Å². The smallest absolute Gasteiger partial charge is 0.239 e. The average Bonchev–Trinajstić information content (AvgIpc) is 2.20. The molecule has 3 N–H and O–H groups in total. The number of likely N-dealkylation sites (tertiary alicyclic amines) is 1. The Balaban J connectivity index is 1.85. The molecule has 2 aliphatic rings. The quantitative estimate of drug-likeness (QED) is 0.547. The first-order valence-electron chi connectivity index (χ1n) is 5.02. The van der Waals surface area contributed by atoms with Gasteiger partial charge in [-0.15, -0.1) is 0 Å². The summed E-state index contributed by atoms with van der Waals surface area (Å²) in [4.78, 5) is 24.1. The third-order valence-corrected chi connectivity index (χ3v) is 2.90. The highest BCUT2D eigenvalue weighted by molar-refractivity contribution is 5.89. The normalized spacial score (nSPS) is 32.5. The summed E-state index contributed by atoms with van der Waals surface area (Å²) in [6.45, 7) is 1.38. The number of nitrogens with two attached hydrogens (primary N) is 1. The summed E-state index contributed by atoms with van der Waals surface area (Å²) in [6.07, 6.45) is 2.68. The van der Waals surface area contributed by atoms with E-state index in [1.54, 1.807) is 4.90 Å². The molecule has 14 heavy (non-hydrogen) atoms. The van der Waals surface area contributed by atoms with Crippen molar-refractivity contribution in [1.82, 2.24) is 10.2 Å². The topological polar surface area (TPSA) is 75.4 Å². The van der Waals surface area contributed by atoms with Gasteiger partial charge in [-0.05, 0) is 12.8 Å². The van der Waals surface area contributed by atoms with Crippen LogP contribution in [-0.4, -0.2) is 41.9 Å². The monoisotopic (exact) mass is 197 g/mol. The standard InChI is InChI=1S/C9H15N3O2/c10-8-6(11-9(8)14)5-12-4-2-1-3-7(12)13/h6,8H,1-5,10H2,(H,11,14)/t6-,8+/m1/s1. The maximum Gasteiger partial charge on any atom is 0.239 e. The van der Waals surface area contributed by atoms with Crippen LogP contribution in [0.4, 0.5) is 0 Å². The molecule has 0 saturated carbocycles. The molecule has 2 saturated heterocycles. The van der Waals surface area contributed by atoms with Crippen LogP contribution in [-0.2, 0) is 9.59 Å². The average molecular weight is 197 g/mol. The van der Waals surface area contributed by atoms with Crippen LogP contribution >= 0.6 is 0 Å². The van der Waals surface area contributed by atoms with Gasteiger partial charge in [0.15, 0.2) is 0 Å². The number of carbonyl (C=O) groups excluding carboxylic acids is 2. The molecule has 0 aliphatic carbocycles. The Morgan fingerprint density at radius 3 is 2.79 bits per heavy atom. The van der Waals surface area contributed by atoms with Crippen LogP contribution in [0.5, 0.6) is 0 Å². The molecule has 0 bridgehead atoms. The maximum absolute atomic E-state index is 11.4. The summed E-state index contributed by atoms with van der Waals surface area (Å²) >= 11 is 0. The fourth-order valence-corrected chi connectivity index (χ4v) is 1.91. The molecule has 2 aliphatic heterocycles. The van der Waals surface area contributed by atoms with Gasteiger partial charge in [0.2, 0.25) is 11.8 Å². The molecule has 2 heterocycles. The molecule has 0 spiro atoms. The van der Waals surface area contributed by atoms with Crippen LogP contribution in [0.1, 0.15) is 19.3 Å². The highest BCUT2D eigenvalue weighted by Crippen LogP contribution is 2.13. The lowest BCUT2D eigenvalue weighted by atomic mass is 9.98. The van der Waals surface area contributed by atoms with E-state index in [0.29, 0.717) is 13.0 Å². The van der Waals surface area contributed by atoms with E-state index in [4.69, 9.17) is 5.73 Å². The number of hydrogen-bond acceptors (Lipinski definition) is 3. The Kier molecular flexibility index (Phi) is 2.41. The van der Waals surface area contributed by atoms with Gasteiger partial charge in [-0.25, -0.2) is 0 Å². The molecular formula is C9H15N3O2. The van der Waals surface area contributed by atoms with Gasteiger partial charge in [0.05, 0.1) is 6.04 Å². The van der Waals surface area contributed by atoms with Crippen molar-refractivity contribution in [3.8, 4) is 0 Å². The summed E-state index contributed by atoms with van der Waals surface area (Å²) in [5.74, 6) is 0.0732. The molecule has 0 aromatic carbocycles. The largest absolute Gasteiger partial charge is 0.348 e. The van der Waals surface area contributed by atoms with Crippen molar-refractivity contribution in [3.63, 3.8) is 0 Å². The minimum absolute atomic E-state index is 0.0375. The Labute approximate surface area is 82.6 Å². The second-order valence-electron chi connectivity index (χ2n) is 3.94. The molecule has 0 radical (unpaired) electrons. The van der Waals surface area contributed by atoms with E-state index in [-0.39, 0.29) is 17.9 Å². The molecule has 0 aromatic rings. The molecular weight excluding hydrogens is 182 g/mol. The van der Waals surface area contributed by atoms with Crippen molar-refractivity contribution in [2.45, 2.75) is 31.3 Å². The van der Waals surface area contributed by atoms with Crippen LogP contribution in [0.2, 0.25) is 0 Å². The number of nitrogens with zero attached hydrogens (tertiary/aromatic N) is 1. The van der Waals surface area contributed by atoms with Gasteiger partial charge in [-0.1, -0.05) is 0 Å². The zero-order chi connectivity index (χ0) is 10.1. The fourth-order valence-electron chi connectivity index (χ4n) is 1.91. The molecule has 5 nitrogen and oxygen atoms in total. The van der Waals surface area contributed by atoms with Crippen molar-refractivity contribution in [2.24, 2.45) is 5.73 Å². The molecule has 78 valence electrons. The van der Waals surface area contributed by atoms with Crippen LogP contribution in [0.15, 0.2) is 0 Å². The van der Waals surface area contributed by atoms with Gasteiger partial charge in [0.1, 0.15) is 6.04 Å². The summed E-state index contributed by atoms with van der Waals surface area (Å²) in [5, 5.41) is 2.70. The summed E-state index contributed by atoms with van der Waals surface area (Å²) in [7, 11) is 0. The predicted molar refractivity (Wildman–Crippen MR) is 50.3 cm³/mol. The lowest BCUT2D eigenvalue weighted by Crippen LogP contribution is -2.70. The zero-order valence-corrected chi connectivity index (χ0v) is 8.03. The first-order valence-corrected chi connectivity index (χ1v) is 5.02. The minimum atomic E-state index is -0.426. The minimum Gasteiger partial charge on any atom is -0.348 e. The maximum atomic E-state index is 11.4. The predicted octanol–water partition coefficient (Wildman–Crippen LogP) is -1.18. The molecule has 0 aromatic heterocycles. The molecule has 2 atom stereocenters. The summed E-state index contributed by atoms with van der Waals surface area (Å²) in [6, 6.07) is -0.464. The zero-order valence-electron chi connectivity index (χ0n) is 8.03. The summed E-state index contributed by atoms with van der Waals surface area (Å²) in [5.41, 5.74) is 5.58. The number of hydrogen-bond donors (Lipinski definition) is 2. The Hall–Kier alpha value is -1.10. The lowest BCUT2D eigenvalue weighted by molar-refractivity contribution is -0.138. The first-order chi connectivity index (χ1) is 6.68. The van der Waals surface area contributed by atoms with Gasteiger partial charge in [-0.2, -0.15) is 0 Å². The first kappa shape index (κ1) is 9.45. The Morgan fingerprint density at radius 1 is 1.43 bits per heavy atom. The van der Waals surface area contributed by atoms with Crippen molar-refractivity contribution in [2.75, 3.05) is 13.1 Å². The van der Waals surface area contributed by atoms with Gasteiger partial charge >= 0.3 is 0 Å². The van der Waals surface area contributed by atoms with Gasteiger partial charge < -0.3 is 16.0 Å². The molecule has 2 fully saturated rings. The third kappa shape index (κ3) is 1.59. The second kappa shape index (κ2) is 3.57. The number of β-lactam (4-membered cyclic amide) rings is 1.